The third kappa shape index (κ3) is 3.33. The van der Waals surface area contributed by atoms with Crippen LogP contribution in [-0.2, 0) is 4.79 Å². The first-order chi connectivity index (χ1) is 13.3. The highest BCUT2D eigenvalue weighted by Crippen LogP contribution is 2.68. The maximum atomic E-state index is 12.1. The van der Waals surface area contributed by atoms with Gasteiger partial charge in [-0.15, -0.1) is 0 Å². The molecule has 0 bridgehead atoms. The SMILES string of the molecule is C=C(CCCC(C)C)[C@H]1CC[C@H]2[C@@H]3CCC4CC(=O)CC[C@]4(C)[C@H]3CC[C@]12C. The molecule has 0 N–H and O–H groups in total. The first-order valence-electron chi connectivity index (χ1n) is 12.4. The second-order valence-electron chi connectivity index (χ2n) is 12.0. The Labute approximate surface area is 174 Å². The molecule has 0 heterocycles. The molecule has 0 radical (unpaired) electrons. The van der Waals surface area contributed by atoms with E-state index in [-0.39, 0.29) is 0 Å². The summed E-state index contributed by atoms with van der Waals surface area (Å²) in [6, 6.07) is 0. The van der Waals surface area contributed by atoms with Gasteiger partial charge in [0, 0.05) is 12.8 Å². The molecule has 0 aromatic carbocycles. The molecule has 158 valence electrons. The molecule has 4 aliphatic carbocycles. The molecule has 7 atom stereocenters. The standard InChI is InChI=1S/C27H44O/c1-18(2)7-6-8-19(3)23-11-12-24-22-10-9-20-17-21(28)13-15-26(20,4)25(22)14-16-27(23,24)5/h18,20,22-25H,3,6-17H2,1-2,4-5H3/t20?,22-,23+,24-,25-,26-,27+/m0/s1. The molecule has 0 aromatic rings. The molecular formula is C27H44O. The number of Topliss-reactive ketones (excluding diaryl/α,β-unsaturated/α-hetero) is 1. The van der Waals surface area contributed by atoms with E-state index < -0.39 is 0 Å². The fourth-order valence-electron chi connectivity index (χ4n) is 8.63. The van der Waals surface area contributed by atoms with Crippen molar-refractivity contribution < 1.29 is 4.79 Å². The maximum Gasteiger partial charge on any atom is 0.133 e. The minimum Gasteiger partial charge on any atom is -0.300 e. The van der Waals surface area contributed by atoms with Crippen molar-refractivity contribution in [3.8, 4) is 0 Å². The average Bonchev–Trinajstić information content (AvgIpc) is 2.99. The molecule has 0 amide bonds. The second-order valence-corrected chi connectivity index (χ2v) is 12.0. The normalized spacial score (nSPS) is 45.5. The van der Waals surface area contributed by atoms with E-state index in [1.165, 1.54) is 64.2 Å². The van der Waals surface area contributed by atoms with Gasteiger partial charge in [0.2, 0.25) is 0 Å². The van der Waals surface area contributed by atoms with Crippen molar-refractivity contribution in [1.29, 1.82) is 0 Å². The lowest BCUT2D eigenvalue weighted by molar-refractivity contribution is -0.139. The zero-order valence-corrected chi connectivity index (χ0v) is 19.1. The summed E-state index contributed by atoms with van der Waals surface area (Å²) in [5.41, 5.74) is 2.53. The molecule has 1 nitrogen and oxygen atoms in total. The Morgan fingerprint density at radius 3 is 2.54 bits per heavy atom. The van der Waals surface area contributed by atoms with Gasteiger partial charge in [0.05, 0.1) is 0 Å². The fraction of sp³-hybridized carbons (Fsp3) is 0.889. The van der Waals surface area contributed by atoms with Crippen molar-refractivity contribution in [2.75, 3.05) is 0 Å². The number of ketones is 1. The minimum absolute atomic E-state index is 0.449. The molecule has 4 rings (SSSR count). The smallest absolute Gasteiger partial charge is 0.133 e. The summed E-state index contributed by atoms with van der Waals surface area (Å²) in [6.45, 7) is 14.5. The molecule has 28 heavy (non-hydrogen) atoms. The predicted molar refractivity (Wildman–Crippen MR) is 118 cm³/mol. The van der Waals surface area contributed by atoms with Gasteiger partial charge in [-0.3, -0.25) is 4.79 Å². The molecule has 4 aliphatic rings. The van der Waals surface area contributed by atoms with E-state index in [0.717, 1.165) is 42.4 Å². The summed E-state index contributed by atoms with van der Waals surface area (Å²) in [6.07, 6.45) is 15.2. The first-order valence-corrected chi connectivity index (χ1v) is 12.4. The van der Waals surface area contributed by atoms with Gasteiger partial charge >= 0.3 is 0 Å². The zero-order valence-electron chi connectivity index (χ0n) is 19.1. The number of hydrogen-bond acceptors (Lipinski definition) is 1. The number of rotatable bonds is 5. The predicted octanol–water partition coefficient (Wildman–Crippen LogP) is 7.60. The molecule has 0 aliphatic heterocycles. The Hall–Kier alpha value is -0.590. The van der Waals surface area contributed by atoms with Crippen LogP contribution in [0.2, 0.25) is 0 Å². The van der Waals surface area contributed by atoms with Gasteiger partial charge in [0.15, 0.2) is 0 Å². The van der Waals surface area contributed by atoms with Gasteiger partial charge in [-0.25, -0.2) is 0 Å². The van der Waals surface area contributed by atoms with E-state index in [1.807, 2.05) is 0 Å². The third-order valence-electron chi connectivity index (χ3n) is 10.3. The molecule has 0 aromatic heterocycles. The second kappa shape index (κ2) is 7.59. The number of hydrogen-bond donors (Lipinski definition) is 0. The number of fused-ring (bicyclic) bond motifs is 5. The third-order valence-corrected chi connectivity index (χ3v) is 10.3. The lowest BCUT2D eigenvalue weighted by atomic mass is 9.44. The number of allylic oxidation sites excluding steroid dienone is 1. The van der Waals surface area contributed by atoms with Crippen LogP contribution in [0.1, 0.15) is 105 Å². The van der Waals surface area contributed by atoms with Gasteiger partial charge in [-0.1, -0.05) is 46.3 Å². The highest BCUT2D eigenvalue weighted by atomic mass is 16.1. The molecule has 4 saturated carbocycles. The summed E-state index contributed by atoms with van der Waals surface area (Å²) in [7, 11) is 0. The van der Waals surface area contributed by atoms with Crippen molar-refractivity contribution in [1.82, 2.24) is 0 Å². The molecule has 0 saturated heterocycles. The van der Waals surface area contributed by atoms with E-state index in [2.05, 4.69) is 34.3 Å². The molecule has 4 fully saturated rings. The van der Waals surface area contributed by atoms with E-state index in [1.54, 1.807) is 5.57 Å². The van der Waals surface area contributed by atoms with Crippen molar-refractivity contribution in [2.24, 2.45) is 46.3 Å². The monoisotopic (exact) mass is 384 g/mol. The summed E-state index contributed by atoms with van der Waals surface area (Å²) in [5, 5.41) is 0. The van der Waals surface area contributed by atoms with Crippen molar-refractivity contribution in [3.63, 3.8) is 0 Å². The number of carbonyl (C=O) groups excluding carboxylic acids is 1. The van der Waals surface area contributed by atoms with Gasteiger partial charge in [-0.05, 0) is 104 Å². The molecular weight excluding hydrogens is 340 g/mol. The van der Waals surface area contributed by atoms with Crippen LogP contribution in [0.4, 0.5) is 0 Å². The Morgan fingerprint density at radius 2 is 1.79 bits per heavy atom. The van der Waals surface area contributed by atoms with Gasteiger partial charge in [0.1, 0.15) is 5.78 Å². The molecule has 1 unspecified atom stereocenters. The van der Waals surface area contributed by atoms with Crippen LogP contribution in [-0.4, -0.2) is 5.78 Å². The first kappa shape index (κ1) is 20.7. The summed E-state index contributed by atoms with van der Waals surface area (Å²) in [5.74, 6) is 5.51. The summed E-state index contributed by atoms with van der Waals surface area (Å²) in [4.78, 5) is 12.1. The van der Waals surface area contributed by atoms with Gasteiger partial charge in [0.25, 0.3) is 0 Å². The van der Waals surface area contributed by atoms with Crippen LogP contribution in [0.15, 0.2) is 12.2 Å². The average molecular weight is 385 g/mol. The quantitative estimate of drug-likeness (QED) is 0.446. The van der Waals surface area contributed by atoms with Crippen LogP contribution in [0.25, 0.3) is 0 Å². The van der Waals surface area contributed by atoms with Crippen LogP contribution in [0.5, 0.6) is 0 Å². The zero-order chi connectivity index (χ0) is 20.1. The summed E-state index contributed by atoms with van der Waals surface area (Å²) < 4.78 is 0. The highest BCUT2D eigenvalue weighted by Gasteiger charge is 2.60. The molecule has 1 heteroatoms. The number of carbonyl (C=O) groups is 1. The maximum absolute atomic E-state index is 12.1. The Kier molecular flexibility index (Phi) is 5.60. The Bertz CT molecular complexity index is 618. The van der Waals surface area contributed by atoms with E-state index in [0.29, 0.717) is 22.5 Å². The highest BCUT2D eigenvalue weighted by molar-refractivity contribution is 5.79. The van der Waals surface area contributed by atoms with E-state index >= 15 is 0 Å². The van der Waals surface area contributed by atoms with Crippen molar-refractivity contribution in [3.05, 3.63) is 12.2 Å². The summed E-state index contributed by atoms with van der Waals surface area (Å²) >= 11 is 0. The van der Waals surface area contributed by atoms with Crippen molar-refractivity contribution in [2.45, 2.75) is 105 Å². The Balaban J connectivity index is 1.48. The van der Waals surface area contributed by atoms with Crippen molar-refractivity contribution >= 4 is 5.78 Å². The topological polar surface area (TPSA) is 17.1 Å². The Morgan fingerprint density at radius 1 is 1.04 bits per heavy atom. The lowest BCUT2D eigenvalue weighted by Gasteiger charge is -2.60. The van der Waals surface area contributed by atoms with E-state index in [9.17, 15) is 4.79 Å². The lowest BCUT2D eigenvalue weighted by Crippen LogP contribution is -2.53. The van der Waals surface area contributed by atoms with Crippen LogP contribution in [0.3, 0.4) is 0 Å². The van der Waals surface area contributed by atoms with Crippen LogP contribution < -0.4 is 0 Å². The van der Waals surface area contributed by atoms with Crippen LogP contribution in [0, 0.1) is 46.3 Å². The molecule has 0 spiro atoms. The van der Waals surface area contributed by atoms with Gasteiger partial charge < -0.3 is 0 Å². The van der Waals surface area contributed by atoms with Gasteiger partial charge in [-0.2, -0.15) is 0 Å². The minimum atomic E-state index is 0.449. The van der Waals surface area contributed by atoms with Crippen LogP contribution >= 0.6 is 0 Å². The fourth-order valence-corrected chi connectivity index (χ4v) is 8.63. The van der Waals surface area contributed by atoms with E-state index in [4.69, 9.17) is 0 Å². The largest absolute Gasteiger partial charge is 0.300 e.